The minimum absolute atomic E-state index is 0.113. The Morgan fingerprint density at radius 2 is 2.00 bits per heavy atom. The van der Waals surface area contributed by atoms with Gasteiger partial charge in [0.25, 0.3) is 0 Å². The molecule has 5 heteroatoms. The van der Waals surface area contributed by atoms with Crippen molar-refractivity contribution in [2.75, 3.05) is 12.9 Å². The number of thioether (sulfide) groups is 1. The van der Waals surface area contributed by atoms with Gasteiger partial charge in [0, 0.05) is 23.9 Å². The van der Waals surface area contributed by atoms with Gasteiger partial charge in [0.1, 0.15) is 16.1 Å². The molecule has 0 aliphatic heterocycles. The minimum atomic E-state index is 0.113. The number of benzene rings is 1. The van der Waals surface area contributed by atoms with Crippen LogP contribution < -0.4 is 0 Å². The predicted molar refractivity (Wildman–Crippen MR) is 78.9 cm³/mol. The highest BCUT2D eigenvalue weighted by molar-refractivity contribution is 9.10. The monoisotopic (exact) mass is 326 g/mol. The maximum Gasteiger partial charge on any atom is 0.112 e. The summed E-state index contributed by atoms with van der Waals surface area (Å²) in [5, 5.41) is 9.01. The molecule has 0 fully saturated rings. The van der Waals surface area contributed by atoms with Crippen LogP contribution in [0.3, 0.4) is 0 Å². The van der Waals surface area contributed by atoms with E-state index in [1.807, 2.05) is 11.6 Å². The number of aromatic nitrogens is 2. The van der Waals surface area contributed by atoms with Gasteiger partial charge in [-0.3, -0.25) is 0 Å². The van der Waals surface area contributed by atoms with Crippen LogP contribution in [0.1, 0.15) is 5.82 Å². The second kappa shape index (κ2) is 5.91. The number of hydrogen-bond donors (Lipinski definition) is 1. The summed E-state index contributed by atoms with van der Waals surface area (Å²) in [5.74, 6) is 0.883. The fraction of sp³-hybridized carbons (Fsp3) is 0.308. The standard InChI is InChI=1S/C13H15BrN2OS/c1-16-11(7-8-17)15-12(13(16)14)9-3-5-10(18-2)6-4-9/h3-6,17H,7-8H2,1-2H3. The highest BCUT2D eigenvalue weighted by atomic mass is 79.9. The van der Waals surface area contributed by atoms with Crippen LogP contribution in [0.5, 0.6) is 0 Å². The van der Waals surface area contributed by atoms with Crippen LogP contribution in [0, 0.1) is 0 Å². The third-order valence-electron chi connectivity index (χ3n) is 2.82. The van der Waals surface area contributed by atoms with E-state index in [4.69, 9.17) is 5.11 Å². The molecule has 0 aliphatic carbocycles. The first-order chi connectivity index (χ1) is 8.67. The average Bonchev–Trinajstić information content (AvgIpc) is 2.68. The predicted octanol–water partition coefficient (Wildman–Crippen LogP) is 3.11. The van der Waals surface area contributed by atoms with Gasteiger partial charge >= 0.3 is 0 Å². The van der Waals surface area contributed by atoms with E-state index in [2.05, 4.69) is 51.4 Å². The fourth-order valence-electron chi connectivity index (χ4n) is 1.78. The van der Waals surface area contributed by atoms with Gasteiger partial charge in [-0.25, -0.2) is 4.98 Å². The van der Waals surface area contributed by atoms with Gasteiger partial charge in [-0.2, -0.15) is 0 Å². The van der Waals surface area contributed by atoms with Gasteiger partial charge in [-0.05, 0) is 34.3 Å². The molecule has 0 radical (unpaired) electrons. The zero-order chi connectivity index (χ0) is 13.1. The summed E-state index contributed by atoms with van der Waals surface area (Å²) in [4.78, 5) is 5.81. The molecule has 18 heavy (non-hydrogen) atoms. The van der Waals surface area contributed by atoms with Crippen LogP contribution in [0.25, 0.3) is 11.3 Å². The number of aliphatic hydroxyl groups is 1. The van der Waals surface area contributed by atoms with Crippen LogP contribution in [0.4, 0.5) is 0 Å². The van der Waals surface area contributed by atoms with Crippen LogP contribution in [0.2, 0.25) is 0 Å². The highest BCUT2D eigenvalue weighted by Gasteiger charge is 2.13. The molecule has 2 aromatic rings. The van der Waals surface area contributed by atoms with Gasteiger partial charge in [-0.15, -0.1) is 11.8 Å². The first-order valence-electron chi connectivity index (χ1n) is 5.63. The number of imidazole rings is 1. The van der Waals surface area contributed by atoms with Crippen molar-refractivity contribution in [2.24, 2.45) is 7.05 Å². The summed E-state index contributed by atoms with van der Waals surface area (Å²) in [6.45, 7) is 0.113. The van der Waals surface area contributed by atoms with Crippen LogP contribution in [-0.2, 0) is 13.5 Å². The van der Waals surface area contributed by atoms with E-state index in [1.54, 1.807) is 11.8 Å². The van der Waals surface area contributed by atoms with E-state index in [9.17, 15) is 0 Å². The van der Waals surface area contributed by atoms with Crippen molar-refractivity contribution in [3.8, 4) is 11.3 Å². The van der Waals surface area contributed by atoms with E-state index in [-0.39, 0.29) is 6.61 Å². The summed E-state index contributed by atoms with van der Waals surface area (Å²) in [6.07, 6.45) is 2.63. The van der Waals surface area contributed by atoms with Crippen molar-refractivity contribution in [1.82, 2.24) is 9.55 Å². The number of nitrogens with zero attached hydrogens (tertiary/aromatic N) is 2. The molecule has 0 bridgehead atoms. The number of aliphatic hydroxyl groups excluding tert-OH is 1. The van der Waals surface area contributed by atoms with Crippen molar-refractivity contribution in [1.29, 1.82) is 0 Å². The Labute approximate surface area is 119 Å². The fourth-order valence-corrected chi connectivity index (χ4v) is 2.71. The van der Waals surface area contributed by atoms with Crippen molar-refractivity contribution in [3.63, 3.8) is 0 Å². The molecule has 96 valence electrons. The molecule has 2 rings (SSSR count). The SMILES string of the molecule is CSc1ccc(-c2nc(CCO)n(C)c2Br)cc1. The molecule has 1 N–H and O–H groups in total. The first kappa shape index (κ1) is 13.6. The van der Waals surface area contributed by atoms with Gasteiger partial charge in [0.2, 0.25) is 0 Å². The smallest absolute Gasteiger partial charge is 0.112 e. The van der Waals surface area contributed by atoms with E-state index < -0.39 is 0 Å². The van der Waals surface area contributed by atoms with E-state index in [1.165, 1.54) is 4.90 Å². The van der Waals surface area contributed by atoms with Crippen LogP contribution in [-0.4, -0.2) is 27.5 Å². The zero-order valence-corrected chi connectivity index (χ0v) is 12.8. The van der Waals surface area contributed by atoms with Crippen molar-refractivity contribution in [2.45, 2.75) is 11.3 Å². The minimum Gasteiger partial charge on any atom is -0.396 e. The normalized spacial score (nSPS) is 10.9. The molecule has 0 saturated carbocycles. The Morgan fingerprint density at radius 3 is 2.56 bits per heavy atom. The summed E-state index contributed by atoms with van der Waals surface area (Å²) >= 11 is 5.28. The third kappa shape index (κ3) is 2.63. The third-order valence-corrected chi connectivity index (χ3v) is 4.47. The molecule has 0 amide bonds. The second-order valence-electron chi connectivity index (χ2n) is 3.93. The van der Waals surface area contributed by atoms with E-state index in [0.717, 1.165) is 21.7 Å². The topological polar surface area (TPSA) is 38.1 Å². The lowest BCUT2D eigenvalue weighted by Crippen LogP contribution is -2.00. The Kier molecular flexibility index (Phi) is 4.48. The molecular formula is C13H15BrN2OS. The Hall–Kier alpha value is -0.780. The van der Waals surface area contributed by atoms with Crippen molar-refractivity contribution in [3.05, 3.63) is 34.7 Å². The van der Waals surface area contributed by atoms with E-state index >= 15 is 0 Å². The molecule has 1 aromatic heterocycles. The molecular weight excluding hydrogens is 312 g/mol. The molecule has 1 aromatic carbocycles. The molecule has 0 unspecified atom stereocenters. The molecule has 0 saturated heterocycles. The quantitative estimate of drug-likeness (QED) is 0.877. The van der Waals surface area contributed by atoms with Gasteiger partial charge in [-0.1, -0.05) is 12.1 Å². The zero-order valence-electron chi connectivity index (χ0n) is 10.4. The number of rotatable bonds is 4. The summed E-state index contributed by atoms with van der Waals surface area (Å²) in [7, 11) is 1.95. The number of hydrogen-bond acceptors (Lipinski definition) is 3. The maximum atomic E-state index is 9.01. The lowest BCUT2D eigenvalue weighted by atomic mass is 10.2. The summed E-state index contributed by atoms with van der Waals surface area (Å²) < 4.78 is 2.91. The molecule has 0 atom stereocenters. The van der Waals surface area contributed by atoms with Crippen LogP contribution >= 0.6 is 27.7 Å². The van der Waals surface area contributed by atoms with Crippen LogP contribution in [0.15, 0.2) is 33.8 Å². The van der Waals surface area contributed by atoms with Gasteiger partial charge < -0.3 is 9.67 Å². The van der Waals surface area contributed by atoms with Crippen molar-refractivity contribution >= 4 is 27.7 Å². The Balaban J connectivity index is 2.40. The molecule has 3 nitrogen and oxygen atoms in total. The maximum absolute atomic E-state index is 9.01. The summed E-state index contributed by atoms with van der Waals surface area (Å²) in [6, 6.07) is 8.32. The first-order valence-corrected chi connectivity index (χ1v) is 7.65. The number of halogens is 1. The highest BCUT2D eigenvalue weighted by Crippen LogP contribution is 2.29. The van der Waals surface area contributed by atoms with Crippen molar-refractivity contribution < 1.29 is 5.11 Å². The van der Waals surface area contributed by atoms with Gasteiger partial charge in [0.05, 0.1) is 6.61 Å². The summed E-state index contributed by atoms with van der Waals surface area (Å²) in [5.41, 5.74) is 2.01. The van der Waals surface area contributed by atoms with E-state index in [0.29, 0.717) is 6.42 Å². The molecule has 1 heterocycles. The average molecular weight is 327 g/mol. The molecule has 0 aliphatic rings. The largest absolute Gasteiger partial charge is 0.396 e. The lowest BCUT2D eigenvalue weighted by molar-refractivity contribution is 0.295. The second-order valence-corrected chi connectivity index (χ2v) is 5.56. The van der Waals surface area contributed by atoms with Gasteiger partial charge in [0.15, 0.2) is 0 Å². The Morgan fingerprint density at radius 1 is 1.33 bits per heavy atom. The Bertz CT molecular complexity index is 537. The lowest BCUT2D eigenvalue weighted by Gasteiger charge is -2.01. The molecule has 0 spiro atoms.